The number of hydrogen-bond acceptors (Lipinski definition) is 4. The van der Waals surface area contributed by atoms with Gasteiger partial charge >= 0.3 is 0 Å². The molecule has 4 nitrogen and oxygen atoms in total. The van der Waals surface area contributed by atoms with Crippen LogP contribution in [0.2, 0.25) is 0 Å². The number of rotatable bonds is 3. The third-order valence-corrected chi connectivity index (χ3v) is 9.13. The molecule has 5 aromatic carbocycles. The molecule has 0 N–H and O–H groups in total. The van der Waals surface area contributed by atoms with E-state index in [4.69, 9.17) is 15.0 Å². The van der Waals surface area contributed by atoms with E-state index < -0.39 is 0 Å². The van der Waals surface area contributed by atoms with E-state index in [0.29, 0.717) is 17.5 Å². The van der Waals surface area contributed by atoms with Crippen LogP contribution in [0.1, 0.15) is 48.8 Å². The Hall–Kier alpha value is -5.14. The summed E-state index contributed by atoms with van der Waals surface area (Å²) >= 11 is 0. The molecule has 1 saturated carbocycles. The molecule has 0 radical (unpaired) electrons. The molecule has 0 atom stereocenters. The van der Waals surface area contributed by atoms with Gasteiger partial charge in [-0.2, -0.15) is 5.26 Å². The summed E-state index contributed by atoms with van der Waals surface area (Å²) in [5.74, 6) is 2.01. The van der Waals surface area contributed by atoms with Gasteiger partial charge in [-0.15, -0.1) is 0 Å². The molecule has 1 spiro atoms. The number of fused-ring (bicyclic) bond motifs is 6. The van der Waals surface area contributed by atoms with Crippen molar-refractivity contribution in [2.24, 2.45) is 0 Å². The molecule has 2 aliphatic rings. The number of aromatic nitrogens is 3. The monoisotopic (exact) mass is 540 g/mol. The number of nitrogens with zero attached hydrogens (tertiary/aromatic N) is 4. The molecule has 1 fully saturated rings. The van der Waals surface area contributed by atoms with Crippen LogP contribution in [-0.2, 0) is 5.41 Å². The Morgan fingerprint density at radius 2 is 1.12 bits per heavy atom. The molecule has 0 unspecified atom stereocenters. The van der Waals surface area contributed by atoms with Crippen molar-refractivity contribution < 1.29 is 0 Å². The molecular formula is C38H28N4. The van der Waals surface area contributed by atoms with Crippen molar-refractivity contribution in [1.29, 1.82) is 5.26 Å². The summed E-state index contributed by atoms with van der Waals surface area (Å²) < 4.78 is 0. The van der Waals surface area contributed by atoms with Crippen LogP contribution in [-0.4, -0.2) is 15.0 Å². The molecule has 4 heteroatoms. The van der Waals surface area contributed by atoms with E-state index >= 15 is 0 Å². The van der Waals surface area contributed by atoms with Gasteiger partial charge in [-0.1, -0.05) is 104 Å². The molecule has 1 heterocycles. The summed E-state index contributed by atoms with van der Waals surface area (Å²) in [5, 5.41) is 12.0. The highest BCUT2D eigenvalue weighted by molar-refractivity contribution is 5.87. The fourth-order valence-corrected chi connectivity index (χ4v) is 7.08. The Balaban J connectivity index is 1.31. The van der Waals surface area contributed by atoms with Crippen molar-refractivity contribution in [2.75, 3.05) is 0 Å². The van der Waals surface area contributed by atoms with Gasteiger partial charge in [-0.3, -0.25) is 0 Å². The van der Waals surface area contributed by atoms with Gasteiger partial charge in [0.05, 0.1) is 11.6 Å². The lowest BCUT2D eigenvalue weighted by atomic mass is 9.67. The van der Waals surface area contributed by atoms with Gasteiger partial charge in [0, 0.05) is 22.1 Å². The van der Waals surface area contributed by atoms with E-state index in [1.807, 2.05) is 36.4 Å². The molecular weight excluding hydrogens is 512 g/mol. The second-order valence-electron chi connectivity index (χ2n) is 11.5. The third-order valence-electron chi connectivity index (χ3n) is 9.13. The predicted molar refractivity (Wildman–Crippen MR) is 168 cm³/mol. The summed E-state index contributed by atoms with van der Waals surface area (Å²) in [5.41, 5.74) is 8.78. The zero-order valence-corrected chi connectivity index (χ0v) is 23.2. The highest BCUT2D eigenvalue weighted by Gasteiger charge is 2.44. The van der Waals surface area contributed by atoms with E-state index in [0.717, 1.165) is 40.5 Å². The van der Waals surface area contributed by atoms with Crippen LogP contribution in [0, 0.1) is 11.3 Å². The second kappa shape index (κ2) is 9.75. The smallest absolute Gasteiger partial charge is 0.164 e. The second-order valence-corrected chi connectivity index (χ2v) is 11.5. The van der Waals surface area contributed by atoms with Crippen molar-refractivity contribution in [3.8, 4) is 51.4 Å². The maximum Gasteiger partial charge on any atom is 0.164 e. The van der Waals surface area contributed by atoms with Crippen molar-refractivity contribution in [1.82, 2.24) is 15.0 Å². The minimum absolute atomic E-state index is 0.0672. The normalized spacial score (nSPS) is 14.8. The first-order chi connectivity index (χ1) is 20.7. The van der Waals surface area contributed by atoms with Gasteiger partial charge in [-0.05, 0) is 70.1 Å². The predicted octanol–water partition coefficient (Wildman–Crippen LogP) is 9.13. The van der Waals surface area contributed by atoms with E-state index in [2.05, 4.69) is 78.9 Å². The number of hydrogen-bond donors (Lipinski definition) is 0. The van der Waals surface area contributed by atoms with Crippen molar-refractivity contribution >= 4 is 10.8 Å². The van der Waals surface area contributed by atoms with Gasteiger partial charge in [-0.25, -0.2) is 15.0 Å². The summed E-state index contributed by atoms with van der Waals surface area (Å²) in [4.78, 5) is 15.1. The average Bonchev–Trinajstić information content (AvgIpc) is 3.32. The molecule has 42 heavy (non-hydrogen) atoms. The largest absolute Gasteiger partial charge is 0.208 e. The fourth-order valence-electron chi connectivity index (χ4n) is 7.08. The zero-order valence-electron chi connectivity index (χ0n) is 23.2. The Bertz CT molecular complexity index is 2030. The van der Waals surface area contributed by atoms with Crippen molar-refractivity contribution in [2.45, 2.75) is 37.5 Å². The van der Waals surface area contributed by atoms with Crippen molar-refractivity contribution in [3.63, 3.8) is 0 Å². The summed E-state index contributed by atoms with van der Waals surface area (Å²) in [6, 6.07) is 40.2. The maximum absolute atomic E-state index is 9.69. The lowest BCUT2D eigenvalue weighted by molar-refractivity contribution is 0.353. The van der Waals surface area contributed by atoms with Crippen LogP contribution in [0.15, 0.2) is 109 Å². The van der Waals surface area contributed by atoms with E-state index in [1.54, 1.807) is 0 Å². The van der Waals surface area contributed by atoms with Crippen LogP contribution >= 0.6 is 0 Å². The van der Waals surface area contributed by atoms with E-state index in [-0.39, 0.29) is 5.41 Å². The van der Waals surface area contributed by atoms with Gasteiger partial charge in [0.1, 0.15) is 0 Å². The van der Waals surface area contributed by atoms with Crippen molar-refractivity contribution in [3.05, 3.63) is 126 Å². The SMILES string of the molecule is N#Cc1ccc2c(c1)C1(CCCCC1)c1cc(-c3nc(-c4ccccc4)nc(-c4ccc5ccccc5c4)n3)ccc1-2. The third kappa shape index (κ3) is 3.93. The van der Waals surface area contributed by atoms with Crippen LogP contribution < -0.4 is 0 Å². The molecule has 0 bridgehead atoms. The van der Waals surface area contributed by atoms with Gasteiger partial charge in [0.2, 0.25) is 0 Å². The van der Waals surface area contributed by atoms with Crippen LogP contribution in [0.5, 0.6) is 0 Å². The molecule has 0 aliphatic heterocycles. The highest BCUT2D eigenvalue weighted by Crippen LogP contribution is 2.56. The minimum Gasteiger partial charge on any atom is -0.208 e. The quantitative estimate of drug-likeness (QED) is 0.225. The Morgan fingerprint density at radius 1 is 0.524 bits per heavy atom. The number of nitriles is 1. The van der Waals surface area contributed by atoms with Gasteiger partial charge < -0.3 is 0 Å². The van der Waals surface area contributed by atoms with Crippen LogP contribution in [0.25, 0.3) is 56.1 Å². The minimum atomic E-state index is -0.0672. The summed E-state index contributed by atoms with van der Waals surface area (Å²) in [6.07, 6.45) is 5.83. The Kier molecular flexibility index (Phi) is 5.72. The summed E-state index contributed by atoms with van der Waals surface area (Å²) in [7, 11) is 0. The first kappa shape index (κ1) is 24.6. The molecule has 6 aromatic rings. The molecule has 0 saturated heterocycles. The van der Waals surface area contributed by atoms with E-state index in [9.17, 15) is 5.26 Å². The van der Waals surface area contributed by atoms with Gasteiger partial charge in [0.25, 0.3) is 0 Å². The van der Waals surface area contributed by atoms with E-state index in [1.165, 1.54) is 46.9 Å². The Labute approximate surface area is 245 Å². The van der Waals surface area contributed by atoms with Crippen LogP contribution in [0.4, 0.5) is 0 Å². The first-order valence-corrected chi connectivity index (χ1v) is 14.7. The topological polar surface area (TPSA) is 62.5 Å². The molecule has 2 aliphatic carbocycles. The average molecular weight is 541 g/mol. The maximum atomic E-state index is 9.69. The molecule has 200 valence electrons. The molecule has 0 amide bonds. The van der Waals surface area contributed by atoms with Gasteiger partial charge in [0.15, 0.2) is 17.5 Å². The molecule has 8 rings (SSSR count). The molecule has 1 aromatic heterocycles. The Morgan fingerprint density at radius 3 is 1.86 bits per heavy atom. The standard InChI is InChI=1S/C38H28N4/c39-24-25-13-17-31-32-18-16-30(23-34(32)38(33(31)21-25)19-7-2-8-20-38)37-41-35(27-10-3-1-4-11-27)40-36(42-37)29-15-14-26-9-5-6-12-28(26)22-29/h1,3-6,9-18,21-23H,2,7-8,19-20H2. The lowest BCUT2D eigenvalue weighted by Crippen LogP contribution is -2.28. The fraction of sp³-hybridized carbons (Fsp3) is 0.158. The number of benzene rings is 5. The van der Waals surface area contributed by atoms with Crippen LogP contribution in [0.3, 0.4) is 0 Å². The highest BCUT2D eigenvalue weighted by atomic mass is 15.0. The first-order valence-electron chi connectivity index (χ1n) is 14.7. The lowest BCUT2D eigenvalue weighted by Gasteiger charge is -2.36. The summed E-state index contributed by atoms with van der Waals surface area (Å²) in [6.45, 7) is 0. The zero-order chi connectivity index (χ0) is 28.1.